The highest BCUT2D eigenvalue weighted by molar-refractivity contribution is 9.10. The Morgan fingerprint density at radius 1 is 1.61 bits per heavy atom. The van der Waals surface area contributed by atoms with Crippen LogP contribution in [0.5, 0.6) is 5.75 Å². The molecular weight excluding hydrogens is 302 g/mol. The van der Waals surface area contributed by atoms with E-state index in [1.807, 2.05) is 0 Å². The van der Waals surface area contributed by atoms with Crippen molar-refractivity contribution in [2.24, 2.45) is 10.9 Å². The molecule has 0 saturated heterocycles. The zero-order valence-corrected chi connectivity index (χ0v) is 11.4. The zero-order chi connectivity index (χ0) is 13.5. The minimum absolute atomic E-state index is 0.0695. The van der Waals surface area contributed by atoms with Crippen LogP contribution in [0.15, 0.2) is 27.8 Å². The number of rotatable bonds is 5. The molecule has 0 radical (unpaired) electrons. The van der Waals surface area contributed by atoms with Crippen molar-refractivity contribution in [3.63, 3.8) is 0 Å². The Morgan fingerprint density at radius 2 is 2.33 bits per heavy atom. The van der Waals surface area contributed by atoms with Gasteiger partial charge in [0.1, 0.15) is 11.6 Å². The minimum Gasteiger partial charge on any atom is -0.497 e. The second kappa shape index (κ2) is 6.85. The van der Waals surface area contributed by atoms with Gasteiger partial charge in [-0.25, -0.2) is 0 Å². The van der Waals surface area contributed by atoms with Gasteiger partial charge >= 0.3 is 0 Å². The fraction of sp³-hybridized carbons (Fsp3) is 0.273. The number of benzene rings is 1. The summed E-state index contributed by atoms with van der Waals surface area (Å²) < 4.78 is 5.72. The summed E-state index contributed by atoms with van der Waals surface area (Å²) in [5, 5.41) is 13.8. The quantitative estimate of drug-likeness (QED) is 0.330. The first kappa shape index (κ1) is 14.3. The van der Waals surface area contributed by atoms with Crippen LogP contribution in [0.2, 0.25) is 0 Å². The molecule has 1 aromatic carbocycles. The van der Waals surface area contributed by atoms with Crippen molar-refractivity contribution in [1.29, 1.82) is 0 Å². The monoisotopic (exact) mass is 315 g/mol. The van der Waals surface area contributed by atoms with Crippen molar-refractivity contribution in [2.45, 2.75) is 6.42 Å². The lowest BCUT2D eigenvalue weighted by Gasteiger charge is -2.08. The van der Waals surface area contributed by atoms with Crippen LogP contribution in [-0.2, 0) is 0 Å². The lowest BCUT2D eigenvalue weighted by atomic mass is 10.2. The first-order valence-electron chi connectivity index (χ1n) is 5.16. The lowest BCUT2D eigenvalue weighted by molar-refractivity contribution is 0.0953. The van der Waals surface area contributed by atoms with Crippen molar-refractivity contribution >= 4 is 27.7 Å². The molecule has 1 rings (SSSR count). The molecule has 0 aromatic heterocycles. The molecule has 0 fully saturated rings. The average Bonchev–Trinajstić information content (AvgIpc) is 2.38. The summed E-state index contributed by atoms with van der Waals surface area (Å²) in [5.41, 5.74) is 5.76. The van der Waals surface area contributed by atoms with Crippen molar-refractivity contribution < 1.29 is 14.7 Å². The Morgan fingerprint density at radius 3 is 2.94 bits per heavy atom. The largest absolute Gasteiger partial charge is 0.497 e. The van der Waals surface area contributed by atoms with Crippen molar-refractivity contribution in [1.82, 2.24) is 5.32 Å². The molecule has 1 aromatic rings. The molecule has 0 heterocycles. The van der Waals surface area contributed by atoms with E-state index in [1.165, 1.54) is 7.11 Å². The first-order valence-corrected chi connectivity index (χ1v) is 5.96. The molecule has 0 aliphatic rings. The number of nitrogens with one attached hydrogen (secondary N) is 1. The Hall–Kier alpha value is -1.76. The van der Waals surface area contributed by atoms with E-state index in [9.17, 15) is 4.79 Å². The number of methoxy groups -OCH3 is 1. The highest BCUT2D eigenvalue weighted by atomic mass is 79.9. The topological polar surface area (TPSA) is 96.9 Å². The smallest absolute Gasteiger partial charge is 0.252 e. The van der Waals surface area contributed by atoms with Crippen LogP contribution in [-0.4, -0.2) is 30.6 Å². The third-order valence-corrected chi connectivity index (χ3v) is 2.90. The number of amides is 1. The molecule has 0 bridgehead atoms. The summed E-state index contributed by atoms with van der Waals surface area (Å²) in [7, 11) is 1.53. The fourth-order valence-corrected chi connectivity index (χ4v) is 1.68. The van der Waals surface area contributed by atoms with E-state index in [0.717, 1.165) is 0 Å². The van der Waals surface area contributed by atoms with Gasteiger partial charge in [0.15, 0.2) is 0 Å². The zero-order valence-electron chi connectivity index (χ0n) is 9.81. The number of oxime groups is 1. The molecule has 18 heavy (non-hydrogen) atoms. The third-order valence-electron chi connectivity index (χ3n) is 2.21. The van der Waals surface area contributed by atoms with Gasteiger partial charge in [-0.1, -0.05) is 5.16 Å². The van der Waals surface area contributed by atoms with E-state index in [1.54, 1.807) is 18.2 Å². The maximum absolute atomic E-state index is 11.9. The van der Waals surface area contributed by atoms with Gasteiger partial charge in [0.05, 0.1) is 12.7 Å². The summed E-state index contributed by atoms with van der Waals surface area (Å²) in [6.45, 7) is 0.290. The highest BCUT2D eigenvalue weighted by Gasteiger charge is 2.10. The van der Waals surface area contributed by atoms with E-state index in [2.05, 4.69) is 26.4 Å². The number of carbonyl (C=O) groups is 1. The van der Waals surface area contributed by atoms with Gasteiger partial charge in [-0.3, -0.25) is 4.79 Å². The van der Waals surface area contributed by atoms with Gasteiger partial charge in [-0.15, -0.1) is 0 Å². The van der Waals surface area contributed by atoms with Crippen LogP contribution >= 0.6 is 15.9 Å². The number of amidine groups is 1. The number of carbonyl (C=O) groups excluding carboxylic acids is 1. The summed E-state index contributed by atoms with van der Waals surface area (Å²) in [4.78, 5) is 11.9. The SMILES string of the molecule is COc1ccc(Br)c(C(=O)NCC/C(N)=N/O)c1. The fourth-order valence-electron chi connectivity index (χ4n) is 1.25. The van der Waals surface area contributed by atoms with E-state index in [-0.39, 0.29) is 18.2 Å². The molecule has 0 spiro atoms. The highest BCUT2D eigenvalue weighted by Crippen LogP contribution is 2.22. The van der Waals surface area contributed by atoms with E-state index >= 15 is 0 Å². The number of nitrogens with zero attached hydrogens (tertiary/aromatic N) is 1. The molecule has 7 heteroatoms. The van der Waals surface area contributed by atoms with E-state index in [4.69, 9.17) is 15.7 Å². The number of ether oxygens (including phenoxy) is 1. The molecule has 6 nitrogen and oxygen atoms in total. The van der Waals surface area contributed by atoms with Crippen LogP contribution in [0.1, 0.15) is 16.8 Å². The van der Waals surface area contributed by atoms with Gasteiger partial charge in [0.25, 0.3) is 5.91 Å². The van der Waals surface area contributed by atoms with Crippen molar-refractivity contribution in [2.75, 3.05) is 13.7 Å². The molecule has 0 saturated carbocycles. The third kappa shape index (κ3) is 3.92. The Kier molecular flexibility index (Phi) is 5.44. The molecular formula is C11H14BrN3O3. The summed E-state index contributed by atoms with van der Waals surface area (Å²) >= 11 is 3.29. The van der Waals surface area contributed by atoms with E-state index < -0.39 is 0 Å². The lowest BCUT2D eigenvalue weighted by Crippen LogP contribution is -2.28. The summed E-state index contributed by atoms with van der Waals surface area (Å²) in [6, 6.07) is 5.11. The van der Waals surface area contributed by atoms with Crippen LogP contribution in [0.3, 0.4) is 0 Å². The van der Waals surface area contributed by atoms with Gasteiger partial charge < -0.3 is 21.0 Å². The van der Waals surface area contributed by atoms with Crippen LogP contribution in [0, 0.1) is 0 Å². The molecule has 0 aliphatic heterocycles. The first-order chi connectivity index (χ1) is 8.58. The van der Waals surface area contributed by atoms with Gasteiger partial charge in [-0.05, 0) is 34.1 Å². The molecule has 0 atom stereocenters. The summed E-state index contributed by atoms with van der Waals surface area (Å²) in [6.07, 6.45) is 0.282. The normalized spacial score (nSPS) is 11.1. The molecule has 98 valence electrons. The van der Waals surface area contributed by atoms with Crippen molar-refractivity contribution in [3.05, 3.63) is 28.2 Å². The van der Waals surface area contributed by atoms with Crippen LogP contribution in [0.25, 0.3) is 0 Å². The molecule has 0 aliphatic carbocycles. The minimum atomic E-state index is -0.258. The maximum Gasteiger partial charge on any atom is 0.252 e. The van der Waals surface area contributed by atoms with E-state index in [0.29, 0.717) is 22.3 Å². The average molecular weight is 316 g/mol. The maximum atomic E-state index is 11.9. The molecule has 0 unspecified atom stereocenters. The summed E-state index contributed by atoms with van der Waals surface area (Å²) in [5.74, 6) is 0.409. The Bertz CT molecular complexity index is 463. The predicted octanol–water partition coefficient (Wildman–Crippen LogP) is 1.32. The standard InChI is InChI=1S/C11H14BrN3O3/c1-18-7-2-3-9(12)8(6-7)11(16)14-5-4-10(13)15-17/h2-3,6,17H,4-5H2,1H3,(H2,13,15)(H,14,16). The number of halogens is 1. The molecule has 4 N–H and O–H groups in total. The number of hydrogen-bond donors (Lipinski definition) is 3. The van der Waals surface area contributed by atoms with Gasteiger partial charge in [0, 0.05) is 17.4 Å². The second-order valence-electron chi connectivity index (χ2n) is 3.44. The number of nitrogens with two attached hydrogens (primary N) is 1. The van der Waals surface area contributed by atoms with Gasteiger partial charge in [-0.2, -0.15) is 0 Å². The van der Waals surface area contributed by atoms with Crippen LogP contribution < -0.4 is 15.8 Å². The number of hydrogen-bond acceptors (Lipinski definition) is 4. The Balaban J connectivity index is 2.66. The van der Waals surface area contributed by atoms with Gasteiger partial charge in [0.2, 0.25) is 0 Å². The predicted molar refractivity (Wildman–Crippen MR) is 71.1 cm³/mol. The van der Waals surface area contributed by atoms with Crippen LogP contribution in [0.4, 0.5) is 0 Å². The molecule has 1 amide bonds. The Labute approximate surface area is 113 Å². The second-order valence-corrected chi connectivity index (χ2v) is 4.30. The van der Waals surface area contributed by atoms with Crippen molar-refractivity contribution in [3.8, 4) is 5.75 Å².